The summed E-state index contributed by atoms with van der Waals surface area (Å²) < 4.78 is 6.36. The van der Waals surface area contributed by atoms with E-state index in [2.05, 4.69) is 10.1 Å². The molecule has 1 atom stereocenters. The molecule has 7 heteroatoms. The van der Waals surface area contributed by atoms with Crippen LogP contribution < -0.4 is 5.73 Å². The van der Waals surface area contributed by atoms with Crippen molar-refractivity contribution in [2.45, 2.75) is 25.8 Å². The number of amides is 1. The molecule has 0 radical (unpaired) electrons. The minimum atomic E-state index is -0.0418. The molecule has 3 aromatic rings. The van der Waals surface area contributed by atoms with Gasteiger partial charge in [0.1, 0.15) is 0 Å². The highest BCUT2D eigenvalue weighted by molar-refractivity contribution is 7.22. The average Bonchev–Trinajstić information content (AvgIpc) is 3.23. The van der Waals surface area contributed by atoms with Gasteiger partial charge in [0.25, 0.3) is 5.91 Å². The summed E-state index contributed by atoms with van der Waals surface area (Å²) in [5, 5.41) is 4.45. The smallest absolute Gasteiger partial charge is 0.254 e. The topological polar surface area (TPSA) is 85.2 Å². The van der Waals surface area contributed by atoms with Gasteiger partial charge in [-0.15, -0.1) is 0 Å². The van der Waals surface area contributed by atoms with Crippen molar-refractivity contribution in [2.24, 2.45) is 0 Å². The first-order chi connectivity index (χ1) is 11.1. The first-order valence-corrected chi connectivity index (χ1v) is 8.34. The van der Waals surface area contributed by atoms with E-state index in [0.717, 1.165) is 41.1 Å². The highest BCUT2D eigenvalue weighted by atomic mass is 32.1. The Bertz CT molecular complexity index is 885. The van der Waals surface area contributed by atoms with Gasteiger partial charge in [0, 0.05) is 18.2 Å². The molecule has 1 aromatic carbocycles. The normalized spacial score (nSPS) is 18.0. The molecule has 3 heterocycles. The highest BCUT2D eigenvalue weighted by Gasteiger charge is 2.33. The van der Waals surface area contributed by atoms with Crippen LogP contribution in [0.4, 0.5) is 5.13 Å². The minimum absolute atomic E-state index is 0.00461. The SMILES string of the molecule is Cc1cc(C2CCCN2C(=O)c2ccc3sc(N)nc3c2)on1. The van der Waals surface area contributed by atoms with E-state index in [1.165, 1.54) is 11.3 Å². The number of nitrogens with two attached hydrogens (primary N) is 1. The van der Waals surface area contributed by atoms with E-state index in [1.54, 1.807) is 0 Å². The number of carbonyl (C=O) groups excluding carboxylic acids is 1. The van der Waals surface area contributed by atoms with Crippen LogP contribution in [0.2, 0.25) is 0 Å². The number of carbonyl (C=O) groups is 1. The molecule has 2 aromatic heterocycles. The molecule has 4 rings (SSSR count). The maximum absolute atomic E-state index is 12.9. The van der Waals surface area contributed by atoms with Crippen LogP contribution in [0.3, 0.4) is 0 Å². The summed E-state index contributed by atoms with van der Waals surface area (Å²) in [7, 11) is 0. The molecule has 1 aliphatic rings. The van der Waals surface area contributed by atoms with Gasteiger partial charge in [0.2, 0.25) is 0 Å². The van der Waals surface area contributed by atoms with Crippen molar-refractivity contribution in [1.29, 1.82) is 0 Å². The van der Waals surface area contributed by atoms with Gasteiger partial charge in [-0.1, -0.05) is 16.5 Å². The standard InChI is InChI=1S/C16H16N4O2S/c1-9-7-13(22-19-9)12-3-2-6-20(12)15(21)10-4-5-14-11(8-10)18-16(17)23-14/h4-5,7-8,12H,2-3,6H2,1H3,(H2,17,18). The van der Waals surface area contributed by atoms with E-state index in [4.69, 9.17) is 10.3 Å². The van der Waals surface area contributed by atoms with Crippen molar-refractivity contribution < 1.29 is 9.32 Å². The Balaban J connectivity index is 1.66. The molecule has 0 spiro atoms. The van der Waals surface area contributed by atoms with E-state index < -0.39 is 0 Å². The van der Waals surface area contributed by atoms with Crippen molar-refractivity contribution in [2.75, 3.05) is 12.3 Å². The van der Waals surface area contributed by atoms with Crippen LogP contribution in [0.5, 0.6) is 0 Å². The summed E-state index contributed by atoms with van der Waals surface area (Å²) >= 11 is 1.42. The lowest BCUT2D eigenvalue weighted by Gasteiger charge is -2.22. The third-order valence-corrected chi connectivity index (χ3v) is 5.00. The molecule has 1 saturated heterocycles. The van der Waals surface area contributed by atoms with Crippen molar-refractivity contribution >= 4 is 32.6 Å². The predicted octanol–water partition coefficient (Wildman–Crippen LogP) is 3.15. The van der Waals surface area contributed by atoms with Gasteiger partial charge in [-0.25, -0.2) is 4.98 Å². The minimum Gasteiger partial charge on any atom is -0.375 e. The lowest BCUT2D eigenvalue weighted by atomic mass is 10.1. The fourth-order valence-electron chi connectivity index (χ4n) is 3.09. The van der Waals surface area contributed by atoms with E-state index in [9.17, 15) is 4.79 Å². The Kier molecular flexibility index (Phi) is 3.30. The molecule has 1 fully saturated rings. The zero-order valence-corrected chi connectivity index (χ0v) is 13.5. The number of benzene rings is 1. The van der Waals surface area contributed by atoms with Gasteiger partial charge < -0.3 is 15.2 Å². The molecule has 0 aliphatic carbocycles. The third-order valence-electron chi connectivity index (χ3n) is 4.14. The maximum atomic E-state index is 12.9. The molecule has 2 N–H and O–H groups in total. The van der Waals surface area contributed by atoms with Crippen molar-refractivity contribution in [3.8, 4) is 0 Å². The summed E-state index contributed by atoms with van der Waals surface area (Å²) in [6.07, 6.45) is 1.86. The fourth-order valence-corrected chi connectivity index (χ4v) is 3.80. The molecule has 1 amide bonds. The average molecular weight is 328 g/mol. The molecule has 0 bridgehead atoms. The zero-order chi connectivity index (χ0) is 16.0. The monoisotopic (exact) mass is 328 g/mol. The van der Waals surface area contributed by atoms with Crippen molar-refractivity contribution in [3.05, 3.63) is 41.3 Å². The molecule has 6 nitrogen and oxygen atoms in total. The second-order valence-corrected chi connectivity index (χ2v) is 6.82. The summed E-state index contributed by atoms with van der Waals surface area (Å²) in [4.78, 5) is 19.0. The van der Waals surface area contributed by atoms with Gasteiger partial charge in [-0.2, -0.15) is 0 Å². The first-order valence-electron chi connectivity index (χ1n) is 7.52. The third kappa shape index (κ3) is 2.46. The molecule has 1 aliphatic heterocycles. The van der Waals surface area contributed by atoms with Crippen LogP contribution in [0.25, 0.3) is 10.2 Å². The number of anilines is 1. The van der Waals surface area contributed by atoms with E-state index in [1.807, 2.05) is 36.1 Å². The number of hydrogen-bond donors (Lipinski definition) is 1. The maximum Gasteiger partial charge on any atom is 0.254 e. The molecular weight excluding hydrogens is 312 g/mol. The van der Waals surface area contributed by atoms with Crippen LogP contribution in [0, 0.1) is 6.92 Å². The fraction of sp³-hybridized carbons (Fsp3) is 0.312. The number of nitrogens with zero attached hydrogens (tertiary/aromatic N) is 3. The number of aromatic nitrogens is 2. The largest absolute Gasteiger partial charge is 0.375 e. The first kappa shape index (κ1) is 14.2. The van der Waals surface area contributed by atoms with Gasteiger partial charge in [0.05, 0.1) is 22.0 Å². The van der Waals surface area contributed by atoms with Crippen LogP contribution in [0.1, 0.15) is 40.7 Å². The lowest BCUT2D eigenvalue weighted by Crippen LogP contribution is -2.30. The number of likely N-dealkylation sites (tertiary alicyclic amines) is 1. The van der Waals surface area contributed by atoms with Crippen molar-refractivity contribution in [1.82, 2.24) is 15.0 Å². The molecule has 1 unspecified atom stereocenters. The zero-order valence-electron chi connectivity index (χ0n) is 12.7. The Morgan fingerprint density at radius 3 is 3.09 bits per heavy atom. The number of nitrogen functional groups attached to an aromatic ring is 1. The predicted molar refractivity (Wildman–Crippen MR) is 88.3 cm³/mol. The van der Waals surface area contributed by atoms with Gasteiger partial charge in [0.15, 0.2) is 10.9 Å². The summed E-state index contributed by atoms with van der Waals surface area (Å²) in [6.45, 7) is 2.61. The Hall–Kier alpha value is -2.41. The molecule has 0 saturated carbocycles. The van der Waals surface area contributed by atoms with Crippen LogP contribution >= 0.6 is 11.3 Å². The molecular formula is C16H16N4O2S. The Morgan fingerprint density at radius 2 is 2.30 bits per heavy atom. The number of aryl methyl sites for hydroxylation is 1. The van der Waals surface area contributed by atoms with Crippen LogP contribution in [-0.4, -0.2) is 27.5 Å². The quantitative estimate of drug-likeness (QED) is 0.781. The Morgan fingerprint density at radius 1 is 1.43 bits per heavy atom. The number of rotatable bonds is 2. The number of fused-ring (bicyclic) bond motifs is 1. The second-order valence-electron chi connectivity index (χ2n) is 5.76. The van der Waals surface area contributed by atoms with Crippen LogP contribution in [0.15, 0.2) is 28.8 Å². The second kappa shape index (κ2) is 5.34. The molecule has 118 valence electrons. The Labute approximate surface area is 136 Å². The van der Waals surface area contributed by atoms with E-state index >= 15 is 0 Å². The lowest BCUT2D eigenvalue weighted by molar-refractivity contribution is 0.0714. The summed E-state index contributed by atoms with van der Waals surface area (Å²) in [5.74, 6) is 0.752. The summed E-state index contributed by atoms with van der Waals surface area (Å²) in [6, 6.07) is 7.41. The summed E-state index contributed by atoms with van der Waals surface area (Å²) in [5.41, 5.74) is 7.96. The van der Waals surface area contributed by atoms with Gasteiger partial charge in [-0.05, 0) is 38.0 Å². The van der Waals surface area contributed by atoms with E-state index in [0.29, 0.717) is 10.7 Å². The number of hydrogen-bond acceptors (Lipinski definition) is 6. The number of thiazole rings is 1. The van der Waals surface area contributed by atoms with Crippen LogP contribution in [-0.2, 0) is 0 Å². The molecule has 23 heavy (non-hydrogen) atoms. The van der Waals surface area contributed by atoms with Gasteiger partial charge >= 0.3 is 0 Å². The van der Waals surface area contributed by atoms with Crippen molar-refractivity contribution in [3.63, 3.8) is 0 Å². The van der Waals surface area contributed by atoms with Gasteiger partial charge in [-0.3, -0.25) is 4.79 Å². The highest BCUT2D eigenvalue weighted by Crippen LogP contribution is 2.34. The van der Waals surface area contributed by atoms with E-state index in [-0.39, 0.29) is 11.9 Å².